The number of ether oxygens (including phenoxy) is 2. The number of methoxy groups -OCH3 is 1. The van der Waals surface area contributed by atoms with Crippen molar-refractivity contribution in [3.63, 3.8) is 0 Å². The van der Waals surface area contributed by atoms with Crippen LogP contribution in [0.1, 0.15) is 22.0 Å². The number of hydrogen-bond acceptors (Lipinski definition) is 4. The number of rotatable bonds is 9. The van der Waals surface area contributed by atoms with Crippen LogP contribution in [0.5, 0.6) is 5.75 Å². The topological polar surface area (TPSA) is 105 Å². The molecule has 0 aliphatic rings. The van der Waals surface area contributed by atoms with Crippen molar-refractivity contribution in [2.75, 3.05) is 12.4 Å². The second-order valence-electron chi connectivity index (χ2n) is 8.25. The molecule has 4 rings (SSSR count). The van der Waals surface area contributed by atoms with Crippen LogP contribution in [-0.4, -0.2) is 29.0 Å². The fraction of sp³-hybridized carbons (Fsp3) is 0.148. The number of nitrogens with one attached hydrogen (secondary N) is 1. The van der Waals surface area contributed by atoms with Crippen molar-refractivity contribution in [3.05, 3.63) is 111 Å². The maximum absolute atomic E-state index is 13.0. The summed E-state index contributed by atoms with van der Waals surface area (Å²) in [5.74, 6) is -0.217. The van der Waals surface area contributed by atoms with Crippen molar-refractivity contribution in [3.8, 4) is 5.75 Å². The van der Waals surface area contributed by atoms with Crippen LogP contribution in [0, 0.1) is 0 Å². The summed E-state index contributed by atoms with van der Waals surface area (Å²) in [5.41, 5.74) is 1.35. The zero-order valence-corrected chi connectivity index (χ0v) is 24.7. The Kier molecular flexibility index (Phi) is 12.6. The molecule has 1 unspecified atom stereocenters. The number of anilines is 1. The van der Waals surface area contributed by atoms with E-state index in [2.05, 4.69) is 5.32 Å². The van der Waals surface area contributed by atoms with Gasteiger partial charge in [-0.2, -0.15) is 0 Å². The molecule has 0 aliphatic carbocycles. The Morgan fingerprint density at radius 2 is 1.68 bits per heavy atom. The Morgan fingerprint density at radius 3 is 2.35 bits per heavy atom. The summed E-state index contributed by atoms with van der Waals surface area (Å²) < 4.78 is 14.5. The minimum atomic E-state index is -0.787. The number of carbonyl (C=O) groups is 2. The molecule has 3 N–H and O–H groups in total. The highest BCUT2D eigenvalue weighted by Crippen LogP contribution is 2.31. The molecule has 0 fully saturated rings. The van der Waals surface area contributed by atoms with Gasteiger partial charge in [0.25, 0.3) is 5.91 Å². The maximum atomic E-state index is 13.0. The number of imidazole rings is 1. The Balaban J connectivity index is 0.00000280. The van der Waals surface area contributed by atoms with Crippen molar-refractivity contribution in [2.45, 2.75) is 19.2 Å². The highest BCUT2D eigenvalue weighted by atomic mass is 35.5. The zero-order chi connectivity index (χ0) is 27.2. The van der Waals surface area contributed by atoms with E-state index in [0.717, 1.165) is 0 Å². The van der Waals surface area contributed by atoms with E-state index in [-0.39, 0.29) is 47.5 Å². The Bertz CT molecular complexity index is 1480. The summed E-state index contributed by atoms with van der Waals surface area (Å²) >= 11 is 24.7. The molecule has 1 amide bonds. The fourth-order valence-corrected chi connectivity index (χ4v) is 4.72. The second-order valence-corrected chi connectivity index (χ2v) is 9.93. The quantitative estimate of drug-likeness (QED) is 0.223. The van der Waals surface area contributed by atoms with E-state index in [1.165, 1.54) is 12.1 Å². The van der Waals surface area contributed by atoms with E-state index in [0.29, 0.717) is 32.1 Å². The van der Waals surface area contributed by atoms with Gasteiger partial charge in [0.2, 0.25) is 6.33 Å². The average molecular weight is 648 g/mol. The molecule has 0 saturated heterocycles. The lowest BCUT2D eigenvalue weighted by Gasteiger charge is -2.18. The van der Waals surface area contributed by atoms with Gasteiger partial charge in [-0.1, -0.05) is 58.5 Å². The predicted molar refractivity (Wildman–Crippen MR) is 151 cm³/mol. The van der Waals surface area contributed by atoms with Gasteiger partial charge >= 0.3 is 5.97 Å². The number of esters is 1. The van der Waals surface area contributed by atoms with E-state index >= 15 is 0 Å². The first-order valence-electron chi connectivity index (χ1n) is 11.3. The third-order valence-corrected chi connectivity index (χ3v) is 6.62. The van der Waals surface area contributed by atoms with E-state index in [1.807, 2.05) is 0 Å². The van der Waals surface area contributed by atoms with E-state index < -0.39 is 12.1 Å². The molecular formula is C27H24Cl5N3O5. The van der Waals surface area contributed by atoms with Crippen molar-refractivity contribution >= 4 is 64.0 Å². The van der Waals surface area contributed by atoms with Crippen LogP contribution in [0.3, 0.4) is 0 Å². The first kappa shape index (κ1) is 33.2. The molecule has 1 aromatic heterocycles. The number of halogens is 5. The summed E-state index contributed by atoms with van der Waals surface area (Å²) in [4.78, 5) is 25.6. The average Bonchev–Trinajstić information content (AvgIpc) is 3.30. The van der Waals surface area contributed by atoms with Crippen molar-refractivity contribution in [1.29, 1.82) is 0 Å². The van der Waals surface area contributed by atoms with Gasteiger partial charge in [0.05, 0.1) is 17.7 Å². The number of hydrogen-bond donors (Lipinski definition) is 1. The van der Waals surface area contributed by atoms with Crippen molar-refractivity contribution in [1.82, 2.24) is 4.57 Å². The molecule has 1 atom stereocenters. The molecule has 212 valence electrons. The van der Waals surface area contributed by atoms with Crippen LogP contribution in [-0.2, 0) is 22.6 Å². The Hall–Kier alpha value is -2.98. The van der Waals surface area contributed by atoms with Gasteiger partial charge in [-0.05, 0) is 42.5 Å². The molecular weight excluding hydrogens is 624 g/mol. The van der Waals surface area contributed by atoms with Crippen LogP contribution in [0.2, 0.25) is 20.1 Å². The largest absolute Gasteiger partial charge is 1.00 e. The molecule has 0 aliphatic heterocycles. The molecule has 0 saturated carbocycles. The summed E-state index contributed by atoms with van der Waals surface area (Å²) in [6.07, 6.45) is 4.44. The molecule has 4 aromatic rings. The molecule has 13 heteroatoms. The SMILES string of the molecule is COc1cccc(NC(=O)C[n+]2ccn(CC(OC(=O)c3ccc(Cl)cc3Cl)c3ccc(Cl)cc3Cl)c2)c1.O.[Cl-]. The molecule has 40 heavy (non-hydrogen) atoms. The number of nitrogens with zero attached hydrogens (tertiary/aromatic N) is 2. The zero-order valence-electron chi connectivity index (χ0n) is 20.9. The molecule has 0 bridgehead atoms. The van der Waals surface area contributed by atoms with Crippen LogP contribution in [0.25, 0.3) is 0 Å². The van der Waals surface area contributed by atoms with Gasteiger partial charge in [0, 0.05) is 32.4 Å². The first-order chi connectivity index (χ1) is 18.2. The summed E-state index contributed by atoms with van der Waals surface area (Å²) in [6, 6.07) is 16.6. The first-order valence-corrected chi connectivity index (χ1v) is 12.8. The summed E-state index contributed by atoms with van der Waals surface area (Å²) in [7, 11) is 1.56. The minimum Gasteiger partial charge on any atom is -1.00 e. The summed E-state index contributed by atoms with van der Waals surface area (Å²) in [6.45, 7) is 0.277. The van der Waals surface area contributed by atoms with Gasteiger partial charge in [0.15, 0.2) is 12.6 Å². The monoisotopic (exact) mass is 645 g/mol. The van der Waals surface area contributed by atoms with Gasteiger partial charge in [-0.3, -0.25) is 4.79 Å². The lowest BCUT2D eigenvalue weighted by Crippen LogP contribution is -3.00. The molecule has 0 spiro atoms. The number of amides is 1. The maximum Gasteiger partial charge on any atom is 0.340 e. The lowest BCUT2D eigenvalue weighted by molar-refractivity contribution is -0.683. The predicted octanol–water partition coefficient (Wildman–Crippen LogP) is 2.81. The third kappa shape index (κ3) is 8.76. The van der Waals surface area contributed by atoms with Crippen LogP contribution < -0.4 is 27.0 Å². The molecule has 0 radical (unpaired) electrons. The molecule has 8 nitrogen and oxygen atoms in total. The molecule has 3 aromatic carbocycles. The number of aromatic nitrogens is 2. The van der Waals surface area contributed by atoms with Crippen LogP contribution in [0.15, 0.2) is 79.4 Å². The standard InChI is InChI=1S/C27H21Cl4N3O4.ClH.H2O/c1-37-20-4-2-3-19(13-20)32-26(35)15-34-10-9-33(16-34)14-25(21-7-5-17(28)11-23(21)30)38-27(36)22-8-6-18(29)12-24(22)31;;/h2-13,16,25H,14-15H2,1H3;1H;1H2. The normalized spacial score (nSPS) is 11.0. The number of carbonyl (C=O) groups excluding carboxylic acids is 2. The third-order valence-electron chi connectivity index (χ3n) is 5.51. The van der Waals surface area contributed by atoms with Crippen LogP contribution in [0.4, 0.5) is 5.69 Å². The van der Waals surface area contributed by atoms with Gasteiger partial charge in [0.1, 0.15) is 24.7 Å². The molecule has 1 heterocycles. The highest BCUT2D eigenvalue weighted by Gasteiger charge is 2.25. The van der Waals surface area contributed by atoms with E-state index in [1.54, 1.807) is 83.5 Å². The Morgan fingerprint density at radius 1 is 0.975 bits per heavy atom. The van der Waals surface area contributed by atoms with E-state index in [4.69, 9.17) is 55.9 Å². The van der Waals surface area contributed by atoms with Gasteiger partial charge in [-0.25, -0.2) is 13.9 Å². The summed E-state index contributed by atoms with van der Waals surface area (Å²) in [5, 5.41) is 4.20. The minimum absolute atomic E-state index is 0. The number of benzene rings is 3. The van der Waals surface area contributed by atoms with Crippen molar-refractivity contribution in [2.24, 2.45) is 0 Å². The van der Waals surface area contributed by atoms with E-state index in [9.17, 15) is 9.59 Å². The highest BCUT2D eigenvalue weighted by molar-refractivity contribution is 6.36. The fourth-order valence-electron chi connectivity index (χ4n) is 3.71. The van der Waals surface area contributed by atoms with Crippen LogP contribution >= 0.6 is 46.4 Å². The van der Waals surface area contributed by atoms with Crippen molar-refractivity contribution < 1.29 is 41.5 Å². The van der Waals surface area contributed by atoms with Gasteiger partial charge < -0.3 is 32.7 Å². The lowest BCUT2D eigenvalue weighted by atomic mass is 10.1. The van der Waals surface area contributed by atoms with Gasteiger partial charge in [-0.15, -0.1) is 0 Å². The smallest absolute Gasteiger partial charge is 0.340 e. The Labute approximate surface area is 257 Å². The second kappa shape index (κ2) is 15.1.